The fourth-order valence-corrected chi connectivity index (χ4v) is 3.68. The summed E-state index contributed by atoms with van der Waals surface area (Å²) in [5, 5.41) is 0. The van der Waals surface area contributed by atoms with Crippen molar-refractivity contribution in [1.82, 2.24) is 4.90 Å². The molecule has 0 radical (unpaired) electrons. The number of amides is 1. The molecule has 3 nitrogen and oxygen atoms in total. The molecular formula is C14H18BrNO2. The Hall–Kier alpha value is -0.770. The molecule has 1 aliphatic carbocycles. The van der Waals surface area contributed by atoms with Gasteiger partial charge in [0.05, 0.1) is 0 Å². The van der Waals surface area contributed by atoms with Crippen molar-refractivity contribution in [2.24, 2.45) is 11.8 Å². The van der Waals surface area contributed by atoms with Gasteiger partial charge in [0.1, 0.15) is 0 Å². The molecular weight excluding hydrogens is 294 g/mol. The van der Waals surface area contributed by atoms with Crippen LogP contribution in [-0.2, 0) is 0 Å². The molecule has 1 aromatic heterocycles. The number of carbonyl (C=O) groups is 1. The molecule has 0 spiro atoms. The Labute approximate surface area is 116 Å². The normalized spacial score (nSPS) is 27.9. The Balaban J connectivity index is 1.68. The lowest BCUT2D eigenvalue weighted by Crippen LogP contribution is -2.44. The van der Waals surface area contributed by atoms with Crippen molar-refractivity contribution >= 4 is 21.8 Å². The summed E-state index contributed by atoms with van der Waals surface area (Å²) in [4.78, 5) is 14.3. The number of rotatable bonds is 1. The zero-order chi connectivity index (χ0) is 12.5. The Morgan fingerprint density at radius 2 is 2.00 bits per heavy atom. The molecule has 2 fully saturated rings. The first-order valence-electron chi connectivity index (χ1n) is 6.78. The molecule has 2 heterocycles. The van der Waals surface area contributed by atoms with Crippen LogP contribution in [0.1, 0.15) is 42.7 Å². The standard InChI is InChI=1S/C14H18BrNO2/c15-13-6-5-12(18-13)14(17)16-8-7-10-3-1-2-4-11(10)9-16/h5-6,10-11H,1-4,7-9H2. The van der Waals surface area contributed by atoms with Gasteiger partial charge in [0.15, 0.2) is 10.4 Å². The van der Waals surface area contributed by atoms with E-state index >= 15 is 0 Å². The van der Waals surface area contributed by atoms with Crippen LogP contribution >= 0.6 is 15.9 Å². The second-order valence-electron chi connectivity index (χ2n) is 5.45. The summed E-state index contributed by atoms with van der Waals surface area (Å²) in [5.41, 5.74) is 0. The van der Waals surface area contributed by atoms with Gasteiger partial charge in [-0.2, -0.15) is 0 Å². The van der Waals surface area contributed by atoms with E-state index in [9.17, 15) is 4.79 Å². The molecule has 1 amide bonds. The Morgan fingerprint density at radius 1 is 1.22 bits per heavy atom. The van der Waals surface area contributed by atoms with Crippen LogP contribution in [0, 0.1) is 11.8 Å². The molecule has 1 aromatic rings. The molecule has 1 aliphatic heterocycles. The van der Waals surface area contributed by atoms with E-state index in [0.717, 1.165) is 31.3 Å². The van der Waals surface area contributed by atoms with Gasteiger partial charge in [0.25, 0.3) is 5.91 Å². The fraction of sp³-hybridized carbons (Fsp3) is 0.643. The van der Waals surface area contributed by atoms with Crippen LogP contribution in [-0.4, -0.2) is 23.9 Å². The predicted molar refractivity (Wildman–Crippen MR) is 72.4 cm³/mol. The Morgan fingerprint density at radius 3 is 2.72 bits per heavy atom. The van der Waals surface area contributed by atoms with E-state index in [1.807, 2.05) is 4.90 Å². The molecule has 2 aliphatic rings. The van der Waals surface area contributed by atoms with Crippen LogP contribution in [0.25, 0.3) is 0 Å². The van der Waals surface area contributed by atoms with Crippen molar-refractivity contribution in [3.05, 3.63) is 22.6 Å². The maximum atomic E-state index is 12.3. The lowest BCUT2D eigenvalue weighted by molar-refractivity contribution is 0.0491. The van der Waals surface area contributed by atoms with Crippen LogP contribution < -0.4 is 0 Å². The third-order valence-corrected chi connectivity index (χ3v) is 4.79. The quantitative estimate of drug-likeness (QED) is 0.792. The summed E-state index contributed by atoms with van der Waals surface area (Å²) in [6, 6.07) is 3.53. The molecule has 0 bridgehead atoms. The first-order valence-corrected chi connectivity index (χ1v) is 7.58. The monoisotopic (exact) mass is 311 g/mol. The minimum atomic E-state index is 0.0460. The highest BCUT2D eigenvalue weighted by atomic mass is 79.9. The van der Waals surface area contributed by atoms with Crippen molar-refractivity contribution in [3.8, 4) is 0 Å². The predicted octanol–water partition coefficient (Wildman–Crippen LogP) is 3.69. The number of fused-ring (bicyclic) bond motifs is 1. The van der Waals surface area contributed by atoms with E-state index in [2.05, 4.69) is 15.9 Å². The summed E-state index contributed by atoms with van der Waals surface area (Å²) in [6.45, 7) is 1.81. The van der Waals surface area contributed by atoms with Gasteiger partial charge < -0.3 is 9.32 Å². The second-order valence-corrected chi connectivity index (χ2v) is 6.23. The van der Waals surface area contributed by atoms with E-state index in [-0.39, 0.29) is 5.91 Å². The third kappa shape index (κ3) is 2.35. The number of nitrogens with zero attached hydrogens (tertiary/aromatic N) is 1. The van der Waals surface area contributed by atoms with E-state index in [0.29, 0.717) is 10.4 Å². The van der Waals surface area contributed by atoms with Gasteiger partial charge in [-0.25, -0.2) is 0 Å². The first-order chi connectivity index (χ1) is 8.74. The lowest BCUT2D eigenvalue weighted by Gasteiger charge is -2.41. The van der Waals surface area contributed by atoms with Gasteiger partial charge >= 0.3 is 0 Å². The van der Waals surface area contributed by atoms with Gasteiger partial charge in [0.2, 0.25) is 0 Å². The van der Waals surface area contributed by atoms with E-state index in [1.54, 1.807) is 12.1 Å². The molecule has 2 unspecified atom stereocenters. The van der Waals surface area contributed by atoms with E-state index in [1.165, 1.54) is 25.7 Å². The van der Waals surface area contributed by atoms with Crippen molar-refractivity contribution in [2.45, 2.75) is 32.1 Å². The van der Waals surface area contributed by atoms with Crippen molar-refractivity contribution in [2.75, 3.05) is 13.1 Å². The molecule has 0 N–H and O–H groups in total. The lowest BCUT2D eigenvalue weighted by atomic mass is 9.75. The minimum Gasteiger partial charge on any atom is -0.444 e. The number of hydrogen-bond donors (Lipinski definition) is 0. The molecule has 0 aromatic carbocycles. The molecule has 1 saturated carbocycles. The zero-order valence-electron chi connectivity index (χ0n) is 10.4. The summed E-state index contributed by atoms with van der Waals surface area (Å²) in [7, 11) is 0. The van der Waals surface area contributed by atoms with Crippen LogP contribution in [0.5, 0.6) is 0 Å². The average Bonchev–Trinajstić information content (AvgIpc) is 2.84. The smallest absolute Gasteiger partial charge is 0.289 e. The summed E-state index contributed by atoms with van der Waals surface area (Å²) in [6.07, 6.45) is 6.52. The van der Waals surface area contributed by atoms with Gasteiger partial charge in [0, 0.05) is 13.1 Å². The second kappa shape index (κ2) is 5.08. The third-order valence-electron chi connectivity index (χ3n) is 4.36. The summed E-state index contributed by atoms with van der Waals surface area (Å²) < 4.78 is 5.98. The van der Waals surface area contributed by atoms with E-state index < -0.39 is 0 Å². The van der Waals surface area contributed by atoms with Crippen LogP contribution in [0.4, 0.5) is 0 Å². The van der Waals surface area contributed by atoms with Crippen molar-refractivity contribution in [1.29, 1.82) is 0 Å². The number of piperidine rings is 1. The highest BCUT2D eigenvalue weighted by molar-refractivity contribution is 9.10. The summed E-state index contributed by atoms with van der Waals surface area (Å²) in [5.74, 6) is 2.07. The van der Waals surface area contributed by atoms with Crippen molar-refractivity contribution in [3.63, 3.8) is 0 Å². The Kier molecular flexibility index (Phi) is 3.46. The van der Waals surface area contributed by atoms with Crippen LogP contribution in [0.15, 0.2) is 21.2 Å². The highest BCUT2D eigenvalue weighted by Gasteiger charge is 2.33. The maximum Gasteiger partial charge on any atom is 0.289 e. The van der Waals surface area contributed by atoms with Gasteiger partial charge in [-0.05, 0) is 52.7 Å². The SMILES string of the molecule is O=C(c1ccc(Br)o1)N1CCC2CCCCC2C1. The average molecular weight is 312 g/mol. The summed E-state index contributed by atoms with van der Waals surface area (Å²) >= 11 is 3.24. The largest absolute Gasteiger partial charge is 0.444 e. The Bertz CT molecular complexity index is 443. The van der Waals surface area contributed by atoms with Gasteiger partial charge in [-0.1, -0.05) is 19.3 Å². The van der Waals surface area contributed by atoms with Crippen molar-refractivity contribution < 1.29 is 9.21 Å². The molecule has 18 heavy (non-hydrogen) atoms. The topological polar surface area (TPSA) is 33.5 Å². The number of furan rings is 1. The minimum absolute atomic E-state index is 0.0460. The number of halogens is 1. The zero-order valence-corrected chi connectivity index (χ0v) is 12.0. The van der Waals surface area contributed by atoms with Crippen LogP contribution in [0.3, 0.4) is 0 Å². The van der Waals surface area contributed by atoms with Crippen LogP contribution in [0.2, 0.25) is 0 Å². The maximum absolute atomic E-state index is 12.3. The molecule has 1 saturated heterocycles. The van der Waals surface area contributed by atoms with Gasteiger partial charge in [-0.3, -0.25) is 4.79 Å². The number of carbonyl (C=O) groups excluding carboxylic acids is 1. The van der Waals surface area contributed by atoms with E-state index in [4.69, 9.17) is 4.42 Å². The van der Waals surface area contributed by atoms with Gasteiger partial charge in [-0.15, -0.1) is 0 Å². The molecule has 2 atom stereocenters. The highest BCUT2D eigenvalue weighted by Crippen LogP contribution is 2.36. The molecule has 98 valence electrons. The molecule has 4 heteroatoms. The number of likely N-dealkylation sites (tertiary alicyclic amines) is 1. The molecule has 3 rings (SSSR count). The fourth-order valence-electron chi connectivity index (χ4n) is 3.37. The number of hydrogen-bond acceptors (Lipinski definition) is 2. The first kappa shape index (κ1) is 12.3.